The van der Waals surface area contributed by atoms with Crippen LogP contribution in [0.25, 0.3) is 11.1 Å². The molecule has 0 bridgehead atoms. The van der Waals surface area contributed by atoms with E-state index in [-0.39, 0.29) is 40.3 Å². The zero-order valence-corrected chi connectivity index (χ0v) is 24.3. The normalized spacial score (nSPS) is 17.7. The fourth-order valence-electron chi connectivity index (χ4n) is 6.61. The number of methoxy groups -OCH3 is 1. The summed E-state index contributed by atoms with van der Waals surface area (Å²) in [5.74, 6) is -3.27. The first-order valence-electron chi connectivity index (χ1n) is 14.8. The molecule has 1 aromatic heterocycles. The van der Waals surface area contributed by atoms with Crippen molar-refractivity contribution in [2.24, 2.45) is 0 Å². The van der Waals surface area contributed by atoms with Crippen molar-refractivity contribution in [3.8, 4) is 16.9 Å². The Morgan fingerprint density at radius 3 is 2.42 bits per heavy atom. The smallest absolute Gasteiger partial charge is 0.337 e. The van der Waals surface area contributed by atoms with Crippen molar-refractivity contribution < 1.29 is 32.6 Å². The number of hydrogen-bond donors (Lipinski definition) is 1. The summed E-state index contributed by atoms with van der Waals surface area (Å²) in [4.78, 5) is 33.8. The number of aromatic carboxylic acids is 1. The quantitative estimate of drug-likeness (QED) is 0.346. The van der Waals surface area contributed by atoms with E-state index in [9.17, 15) is 23.5 Å². The largest absolute Gasteiger partial charge is 0.493 e. The number of rotatable bonds is 8. The van der Waals surface area contributed by atoms with Crippen LogP contribution in [0.4, 0.5) is 13.2 Å². The number of piperidine rings is 1. The molecule has 0 spiro atoms. The maximum absolute atomic E-state index is 16.0. The second-order valence-corrected chi connectivity index (χ2v) is 11.6. The standard InChI is InChI=1S/C33H34F3N3O4/c1-3-27-25(33(41)42)16-24-28(37-27)10-13-39(32(24)40)21-8-11-38(12-9-21)17-19-14-23(18-4-5-18)29(30(36)31(19)43-2)22-7-6-20(34)15-26(22)35/h6-7,14-16,18,21H,3-5,8-13,17H2,1-2H3,(H,41,42). The SMILES string of the molecule is CCc1nc2c(cc1C(=O)O)C(=O)N(C1CCN(Cc3cc(C4CC4)c(-c4ccc(F)cc4F)c(F)c3OC)CC1)CC2. The molecule has 6 rings (SSSR count). The van der Waals surface area contributed by atoms with Crippen LogP contribution in [-0.4, -0.2) is 64.6 Å². The summed E-state index contributed by atoms with van der Waals surface area (Å²) >= 11 is 0. The van der Waals surface area contributed by atoms with Gasteiger partial charge in [-0.1, -0.05) is 6.92 Å². The highest BCUT2D eigenvalue weighted by molar-refractivity contribution is 5.99. The summed E-state index contributed by atoms with van der Waals surface area (Å²) in [6.45, 7) is 4.16. The molecule has 1 saturated carbocycles. The molecular weight excluding hydrogens is 559 g/mol. The number of carbonyl (C=O) groups excluding carboxylic acids is 1. The lowest BCUT2D eigenvalue weighted by atomic mass is 9.92. The molecule has 2 fully saturated rings. The number of carboxylic acids is 1. The predicted octanol–water partition coefficient (Wildman–Crippen LogP) is 5.98. The number of amides is 1. The van der Waals surface area contributed by atoms with Gasteiger partial charge in [0.05, 0.1) is 29.6 Å². The van der Waals surface area contributed by atoms with Crippen LogP contribution in [0.3, 0.4) is 0 Å². The van der Waals surface area contributed by atoms with Gasteiger partial charge in [-0.05, 0) is 67.9 Å². The van der Waals surface area contributed by atoms with Gasteiger partial charge in [-0.25, -0.2) is 18.0 Å². The van der Waals surface area contributed by atoms with Crippen molar-refractivity contribution in [1.82, 2.24) is 14.8 Å². The number of ether oxygens (including phenoxy) is 1. The van der Waals surface area contributed by atoms with Gasteiger partial charge in [-0.3, -0.25) is 14.7 Å². The molecule has 1 aliphatic carbocycles. The molecule has 2 aliphatic heterocycles. The van der Waals surface area contributed by atoms with Gasteiger partial charge < -0.3 is 14.7 Å². The Bertz CT molecular complexity index is 1600. The van der Waals surface area contributed by atoms with Crippen LogP contribution in [0.2, 0.25) is 0 Å². The molecule has 7 nitrogen and oxygen atoms in total. The number of likely N-dealkylation sites (tertiary alicyclic amines) is 1. The lowest BCUT2D eigenvalue weighted by Gasteiger charge is -2.40. The topological polar surface area (TPSA) is 83.0 Å². The number of aromatic nitrogens is 1. The van der Waals surface area contributed by atoms with Crippen LogP contribution < -0.4 is 4.74 Å². The summed E-state index contributed by atoms with van der Waals surface area (Å²) in [6.07, 6.45) is 4.24. The Morgan fingerprint density at radius 1 is 1.05 bits per heavy atom. The molecule has 0 unspecified atom stereocenters. The first-order chi connectivity index (χ1) is 20.7. The second kappa shape index (κ2) is 11.6. The molecule has 1 amide bonds. The number of benzene rings is 2. The first-order valence-corrected chi connectivity index (χ1v) is 14.8. The van der Waals surface area contributed by atoms with Gasteiger partial charge in [0, 0.05) is 61.4 Å². The summed E-state index contributed by atoms with van der Waals surface area (Å²) in [5, 5.41) is 9.62. The minimum absolute atomic E-state index is 0.000476. The Morgan fingerprint density at radius 2 is 1.79 bits per heavy atom. The van der Waals surface area contributed by atoms with Crippen LogP contribution in [0, 0.1) is 17.5 Å². The van der Waals surface area contributed by atoms with Gasteiger partial charge >= 0.3 is 5.97 Å². The zero-order chi connectivity index (χ0) is 30.4. The van der Waals surface area contributed by atoms with E-state index in [2.05, 4.69) is 9.88 Å². The summed E-state index contributed by atoms with van der Waals surface area (Å²) in [7, 11) is 1.39. The van der Waals surface area contributed by atoms with Gasteiger partial charge in [-0.2, -0.15) is 0 Å². The van der Waals surface area contributed by atoms with E-state index in [1.807, 2.05) is 17.9 Å². The molecule has 2 aromatic carbocycles. The Balaban J connectivity index is 1.19. The minimum atomic E-state index is -1.09. The van der Waals surface area contributed by atoms with Crippen molar-refractivity contribution in [3.05, 3.63) is 81.4 Å². The molecule has 226 valence electrons. The molecule has 10 heteroatoms. The lowest BCUT2D eigenvalue weighted by molar-refractivity contribution is 0.0543. The van der Waals surface area contributed by atoms with Crippen molar-refractivity contribution in [2.75, 3.05) is 26.7 Å². The number of fused-ring (bicyclic) bond motifs is 1. The zero-order valence-electron chi connectivity index (χ0n) is 24.3. The highest BCUT2D eigenvalue weighted by Crippen LogP contribution is 2.48. The van der Waals surface area contributed by atoms with E-state index in [1.165, 1.54) is 19.2 Å². The number of pyridine rings is 1. The van der Waals surface area contributed by atoms with Crippen LogP contribution in [0.1, 0.15) is 81.8 Å². The monoisotopic (exact) mass is 593 g/mol. The third kappa shape index (κ3) is 5.48. The number of halogens is 3. The molecular formula is C33H34F3N3O4. The maximum atomic E-state index is 16.0. The van der Waals surface area contributed by atoms with Crippen molar-refractivity contribution >= 4 is 11.9 Å². The first kappa shape index (κ1) is 29.2. The maximum Gasteiger partial charge on any atom is 0.337 e. The fraction of sp³-hybridized carbons (Fsp3) is 0.424. The van der Waals surface area contributed by atoms with Crippen LogP contribution in [0.15, 0.2) is 30.3 Å². The third-order valence-corrected chi connectivity index (χ3v) is 8.97. The van der Waals surface area contributed by atoms with Gasteiger partial charge in [-0.15, -0.1) is 0 Å². The number of nitrogens with zero attached hydrogens (tertiary/aromatic N) is 3. The van der Waals surface area contributed by atoms with Gasteiger partial charge in [0.2, 0.25) is 0 Å². The second-order valence-electron chi connectivity index (χ2n) is 11.6. The number of hydrogen-bond acceptors (Lipinski definition) is 5. The molecule has 0 atom stereocenters. The van der Waals surface area contributed by atoms with E-state index in [4.69, 9.17) is 4.74 Å². The third-order valence-electron chi connectivity index (χ3n) is 8.97. The molecule has 3 heterocycles. The highest BCUT2D eigenvalue weighted by atomic mass is 19.1. The summed E-state index contributed by atoms with van der Waals surface area (Å²) in [5.41, 5.74) is 3.14. The minimum Gasteiger partial charge on any atom is -0.493 e. The summed E-state index contributed by atoms with van der Waals surface area (Å²) < 4.78 is 49.9. The van der Waals surface area contributed by atoms with Gasteiger partial charge in [0.25, 0.3) is 5.91 Å². The Labute approximate surface area is 248 Å². The highest BCUT2D eigenvalue weighted by Gasteiger charge is 2.36. The average molecular weight is 594 g/mol. The fourth-order valence-corrected chi connectivity index (χ4v) is 6.61. The van der Waals surface area contributed by atoms with E-state index >= 15 is 4.39 Å². The van der Waals surface area contributed by atoms with Gasteiger partial charge in [0.1, 0.15) is 11.6 Å². The molecule has 43 heavy (non-hydrogen) atoms. The lowest BCUT2D eigenvalue weighted by Crippen LogP contribution is -2.50. The van der Waals surface area contributed by atoms with Crippen molar-refractivity contribution in [3.63, 3.8) is 0 Å². The summed E-state index contributed by atoms with van der Waals surface area (Å²) in [6, 6.07) is 6.57. The van der Waals surface area contributed by atoms with Crippen molar-refractivity contribution in [1.29, 1.82) is 0 Å². The predicted molar refractivity (Wildman–Crippen MR) is 154 cm³/mol. The van der Waals surface area contributed by atoms with Crippen LogP contribution >= 0.6 is 0 Å². The molecule has 1 saturated heterocycles. The number of carbonyl (C=O) groups is 2. The molecule has 3 aliphatic rings. The van der Waals surface area contributed by atoms with Gasteiger partial charge in [0.15, 0.2) is 11.6 Å². The van der Waals surface area contributed by atoms with Crippen molar-refractivity contribution in [2.45, 2.75) is 64.0 Å². The number of aryl methyl sites for hydroxylation is 1. The van der Waals surface area contributed by atoms with Crippen LogP contribution in [-0.2, 0) is 19.4 Å². The average Bonchev–Trinajstić information content (AvgIpc) is 3.83. The van der Waals surface area contributed by atoms with E-state index in [0.29, 0.717) is 79.9 Å². The molecule has 0 radical (unpaired) electrons. The van der Waals surface area contributed by atoms with Crippen LogP contribution in [0.5, 0.6) is 5.75 Å². The van der Waals surface area contributed by atoms with E-state index in [0.717, 1.165) is 25.0 Å². The molecule has 1 N–H and O–H groups in total. The number of carboxylic acid groups (broad SMARTS) is 1. The Kier molecular flexibility index (Phi) is 7.89. The van der Waals surface area contributed by atoms with E-state index in [1.54, 1.807) is 0 Å². The Hall–Kier alpha value is -3.92. The molecule has 3 aromatic rings. The van der Waals surface area contributed by atoms with E-state index < -0.39 is 23.4 Å².